The summed E-state index contributed by atoms with van der Waals surface area (Å²) >= 11 is 1.31. The van der Waals surface area contributed by atoms with Gasteiger partial charge in [-0.3, -0.25) is 4.31 Å². The van der Waals surface area contributed by atoms with Crippen LogP contribution < -0.4 is 14.5 Å². The van der Waals surface area contributed by atoms with Crippen LogP contribution in [-0.2, 0) is 4.18 Å². The van der Waals surface area contributed by atoms with Crippen LogP contribution in [0.3, 0.4) is 0 Å². The number of rotatable bonds is 6. The molecule has 0 saturated heterocycles. The molecule has 2 rings (SSSR count). The highest BCUT2D eigenvalue weighted by molar-refractivity contribution is 7.96. The van der Waals surface area contributed by atoms with Crippen LogP contribution in [0.1, 0.15) is 0 Å². The molecule has 2 aromatic rings. The van der Waals surface area contributed by atoms with E-state index in [4.69, 9.17) is 4.18 Å². The maximum absolute atomic E-state index is 5.12. The van der Waals surface area contributed by atoms with Crippen LogP contribution >= 0.6 is 12.2 Å². The highest BCUT2D eigenvalue weighted by atomic mass is 32.2. The van der Waals surface area contributed by atoms with Crippen LogP contribution in [0.4, 0.5) is 17.1 Å². The zero-order valence-corrected chi connectivity index (χ0v) is 14.6. The second kappa shape index (κ2) is 7.42. The minimum Gasteiger partial charge on any atom is -0.386 e. The molecule has 0 amide bonds. The monoisotopic (exact) mass is 317 g/mol. The summed E-state index contributed by atoms with van der Waals surface area (Å²) in [5, 5.41) is 3.26. The smallest absolute Gasteiger partial charge is 0.114 e. The van der Waals surface area contributed by atoms with E-state index in [9.17, 15) is 0 Å². The SMILES string of the molecule is CNc1cc(-c2ccc(N(C)C)cc2)ccc1N(C)SOC. The first-order valence-electron chi connectivity index (χ1n) is 7.11. The van der Waals surface area contributed by atoms with Crippen molar-refractivity contribution in [1.29, 1.82) is 0 Å². The van der Waals surface area contributed by atoms with Gasteiger partial charge in [0.15, 0.2) is 0 Å². The fraction of sp³-hybridized carbons (Fsp3) is 0.294. The number of anilines is 3. The molecule has 4 nitrogen and oxygen atoms in total. The molecule has 0 saturated carbocycles. The van der Waals surface area contributed by atoms with Gasteiger partial charge in [-0.2, -0.15) is 0 Å². The molecule has 0 radical (unpaired) electrons. The Bertz CT molecular complexity index is 614. The number of nitrogens with one attached hydrogen (secondary N) is 1. The lowest BCUT2D eigenvalue weighted by Crippen LogP contribution is -2.09. The van der Waals surface area contributed by atoms with E-state index >= 15 is 0 Å². The molecule has 0 aliphatic heterocycles. The van der Waals surface area contributed by atoms with Crippen LogP contribution in [-0.4, -0.2) is 35.3 Å². The maximum atomic E-state index is 5.12. The Morgan fingerprint density at radius 1 is 0.955 bits per heavy atom. The molecule has 0 heterocycles. The van der Waals surface area contributed by atoms with Gasteiger partial charge >= 0.3 is 0 Å². The Kier molecular flexibility index (Phi) is 5.57. The van der Waals surface area contributed by atoms with Crippen molar-refractivity contribution < 1.29 is 4.18 Å². The largest absolute Gasteiger partial charge is 0.386 e. The second-order valence-electron chi connectivity index (χ2n) is 5.16. The van der Waals surface area contributed by atoms with Crippen molar-refractivity contribution in [2.45, 2.75) is 0 Å². The molecule has 22 heavy (non-hydrogen) atoms. The van der Waals surface area contributed by atoms with Crippen LogP contribution in [0.25, 0.3) is 11.1 Å². The van der Waals surface area contributed by atoms with Crippen molar-refractivity contribution in [2.75, 3.05) is 49.8 Å². The van der Waals surface area contributed by atoms with Gasteiger partial charge in [-0.1, -0.05) is 18.2 Å². The zero-order chi connectivity index (χ0) is 16.1. The third-order valence-electron chi connectivity index (χ3n) is 3.51. The molecule has 0 aliphatic carbocycles. The van der Waals surface area contributed by atoms with Crippen molar-refractivity contribution in [3.05, 3.63) is 42.5 Å². The highest BCUT2D eigenvalue weighted by Gasteiger charge is 2.09. The summed E-state index contributed by atoms with van der Waals surface area (Å²) in [6.07, 6.45) is 0. The summed E-state index contributed by atoms with van der Waals surface area (Å²) in [6, 6.07) is 15.0. The van der Waals surface area contributed by atoms with Gasteiger partial charge in [-0.25, -0.2) is 0 Å². The summed E-state index contributed by atoms with van der Waals surface area (Å²) in [7, 11) is 9.68. The lowest BCUT2D eigenvalue weighted by atomic mass is 10.0. The third kappa shape index (κ3) is 3.67. The topological polar surface area (TPSA) is 27.7 Å². The van der Waals surface area contributed by atoms with E-state index in [2.05, 4.69) is 52.7 Å². The van der Waals surface area contributed by atoms with E-state index < -0.39 is 0 Å². The molecule has 1 N–H and O–H groups in total. The first-order chi connectivity index (χ1) is 10.6. The van der Waals surface area contributed by atoms with Gasteiger partial charge in [-0.15, -0.1) is 0 Å². The van der Waals surface area contributed by atoms with Crippen molar-refractivity contribution in [3.63, 3.8) is 0 Å². The Hall–Kier alpha value is -1.85. The number of benzene rings is 2. The summed E-state index contributed by atoms with van der Waals surface area (Å²) in [4.78, 5) is 2.10. The number of hydrogen-bond donors (Lipinski definition) is 1. The average Bonchev–Trinajstić information content (AvgIpc) is 2.54. The Labute approximate surface area is 137 Å². The molecule has 0 aromatic heterocycles. The standard InChI is InChI=1S/C17H23N3OS/c1-18-16-12-14(8-11-17(16)20(4)22-21-5)13-6-9-15(10-7-13)19(2)3/h6-12,18H,1-5H3. The van der Waals surface area contributed by atoms with Gasteiger partial charge in [0, 0.05) is 33.9 Å². The van der Waals surface area contributed by atoms with Crippen LogP contribution in [0.15, 0.2) is 42.5 Å². The van der Waals surface area contributed by atoms with Gasteiger partial charge in [0.2, 0.25) is 0 Å². The fourth-order valence-electron chi connectivity index (χ4n) is 2.29. The summed E-state index contributed by atoms with van der Waals surface area (Å²) in [6.45, 7) is 0. The molecule has 0 atom stereocenters. The third-order valence-corrected chi connectivity index (χ3v) is 4.08. The van der Waals surface area contributed by atoms with E-state index in [0.717, 1.165) is 11.4 Å². The quantitative estimate of drug-likeness (QED) is 0.639. The zero-order valence-electron chi connectivity index (χ0n) is 13.8. The number of nitrogens with zero attached hydrogens (tertiary/aromatic N) is 2. The minimum absolute atomic E-state index is 1.07. The lowest BCUT2D eigenvalue weighted by molar-refractivity contribution is 0.489. The van der Waals surface area contributed by atoms with Gasteiger partial charge < -0.3 is 14.4 Å². The lowest BCUT2D eigenvalue weighted by Gasteiger charge is -2.20. The first-order valence-corrected chi connectivity index (χ1v) is 7.80. The van der Waals surface area contributed by atoms with Crippen molar-refractivity contribution in [1.82, 2.24) is 0 Å². The molecule has 0 fully saturated rings. The van der Waals surface area contributed by atoms with Crippen LogP contribution in [0, 0.1) is 0 Å². The van der Waals surface area contributed by atoms with Gasteiger partial charge in [0.1, 0.15) is 12.2 Å². The van der Waals surface area contributed by atoms with E-state index in [1.165, 1.54) is 29.0 Å². The highest BCUT2D eigenvalue weighted by Crippen LogP contribution is 2.34. The fourth-order valence-corrected chi connectivity index (χ4v) is 2.76. The van der Waals surface area contributed by atoms with E-state index in [0.29, 0.717) is 0 Å². The molecule has 118 valence electrons. The molecule has 0 bridgehead atoms. The summed E-state index contributed by atoms with van der Waals surface area (Å²) < 4.78 is 7.11. The number of hydrogen-bond acceptors (Lipinski definition) is 5. The average molecular weight is 317 g/mol. The molecular formula is C17H23N3OS. The van der Waals surface area contributed by atoms with Crippen molar-refractivity contribution >= 4 is 29.3 Å². The van der Waals surface area contributed by atoms with Gasteiger partial charge in [0.25, 0.3) is 0 Å². The predicted molar refractivity (Wildman–Crippen MR) is 98.8 cm³/mol. The first kappa shape index (κ1) is 16.5. The van der Waals surface area contributed by atoms with E-state index in [1.54, 1.807) is 7.11 Å². The molecule has 0 spiro atoms. The molecule has 0 aliphatic rings. The van der Waals surface area contributed by atoms with Crippen molar-refractivity contribution in [3.8, 4) is 11.1 Å². The second-order valence-corrected chi connectivity index (χ2v) is 6.19. The van der Waals surface area contributed by atoms with Gasteiger partial charge in [0.05, 0.1) is 18.5 Å². The minimum atomic E-state index is 1.07. The van der Waals surface area contributed by atoms with E-state index in [-0.39, 0.29) is 0 Å². The Morgan fingerprint density at radius 2 is 1.59 bits per heavy atom. The molecule has 0 unspecified atom stereocenters. The maximum Gasteiger partial charge on any atom is 0.114 e. The van der Waals surface area contributed by atoms with Gasteiger partial charge in [-0.05, 0) is 35.4 Å². The van der Waals surface area contributed by atoms with Crippen LogP contribution in [0.5, 0.6) is 0 Å². The summed E-state index contributed by atoms with van der Waals surface area (Å²) in [5.74, 6) is 0. The van der Waals surface area contributed by atoms with E-state index in [1.807, 2.05) is 32.5 Å². The molecular weight excluding hydrogens is 294 g/mol. The Balaban J connectivity index is 2.32. The van der Waals surface area contributed by atoms with Crippen LogP contribution in [0.2, 0.25) is 0 Å². The summed E-state index contributed by atoms with van der Waals surface area (Å²) in [5.41, 5.74) is 5.75. The predicted octanol–water partition coefficient (Wildman–Crippen LogP) is 4.11. The Morgan fingerprint density at radius 3 is 2.14 bits per heavy atom. The normalized spacial score (nSPS) is 10.4. The van der Waals surface area contributed by atoms with Crippen molar-refractivity contribution in [2.24, 2.45) is 0 Å². The molecule has 5 heteroatoms. The molecule has 2 aromatic carbocycles.